The lowest BCUT2D eigenvalue weighted by atomic mass is 9.90. The van der Waals surface area contributed by atoms with E-state index >= 15 is 0 Å². The minimum absolute atomic E-state index is 0.00686. The number of rotatable bonds is 1. The molecule has 0 unspecified atom stereocenters. The molecule has 106 valence electrons. The molecule has 1 saturated heterocycles. The third kappa shape index (κ3) is 1.79. The van der Waals surface area contributed by atoms with E-state index in [1.54, 1.807) is 4.90 Å². The number of urea groups is 1. The summed E-state index contributed by atoms with van der Waals surface area (Å²) in [4.78, 5) is 14.3. The summed E-state index contributed by atoms with van der Waals surface area (Å²) in [6.45, 7) is 1.97. The molecule has 0 aliphatic carbocycles. The Hall–Kier alpha value is -2.49. The van der Waals surface area contributed by atoms with E-state index < -0.39 is 5.72 Å². The number of hydrogen-bond acceptors (Lipinski definition) is 2. The number of ether oxygens (including phenoxy) is 1. The summed E-state index contributed by atoms with van der Waals surface area (Å²) in [5.41, 5.74) is 1.23. The highest BCUT2D eigenvalue weighted by Gasteiger charge is 2.49. The fraction of sp³-hybridized carbons (Fsp3) is 0.235. The molecular weight excluding hydrogens is 264 g/mol. The molecule has 2 heterocycles. The highest BCUT2D eigenvalue weighted by molar-refractivity contribution is 5.94. The largest absolute Gasteiger partial charge is 0.467 e. The molecule has 2 amide bonds. The van der Waals surface area contributed by atoms with Gasteiger partial charge in [0.15, 0.2) is 5.72 Å². The summed E-state index contributed by atoms with van der Waals surface area (Å²) in [5.74, 6) is 0.845. The predicted molar refractivity (Wildman–Crippen MR) is 80.3 cm³/mol. The Morgan fingerprint density at radius 3 is 2.67 bits per heavy atom. The fourth-order valence-corrected chi connectivity index (χ4v) is 3.29. The van der Waals surface area contributed by atoms with E-state index in [0.29, 0.717) is 0 Å². The van der Waals surface area contributed by atoms with Crippen LogP contribution >= 0.6 is 0 Å². The molecule has 0 aromatic heterocycles. The van der Waals surface area contributed by atoms with Crippen molar-refractivity contribution < 1.29 is 9.53 Å². The summed E-state index contributed by atoms with van der Waals surface area (Å²) in [6, 6.07) is 17.4. The van der Waals surface area contributed by atoms with E-state index in [-0.39, 0.29) is 12.1 Å². The van der Waals surface area contributed by atoms with Crippen LogP contribution in [0.15, 0.2) is 54.6 Å². The molecule has 4 rings (SSSR count). The second-order valence-corrected chi connectivity index (χ2v) is 5.69. The quantitative estimate of drug-likeness (QED) is 0.869. The minimum Gasteiger partial charge on any atom is -0.467 e. The topological polar surface area (TPSA) is 41.6 Å². The Bertz CT molecular complexity index is 701. The molecular formula is C17H16N2O2. The van der Waals surface area contributed by atoms with E-state index in [1.807, 2.05) is 61.5 Å². The summed E-state index contributed by atoms with van der Waals surface area (Å²) >= 11 is 0. The molecule has 2 aromatic rings. The zero-order valence-electron chi connectivity index (χ0n) is 11.7. The van der Waals surface area contributed by atoms with Gasteiger partial charge < -0.3 is 10.1 Å². The summed E-state index contributed by atoms with van der Waals surface area (Å²) in [7, 11) is 0. The molecule has 1 N–H and O–H groups in total. The van der Waals surface area contributed by atoms with E-state index in [4.69, 9.17) is 4.74 Å². The van der Waals surface area contributed by atoms with Crippen LogP contribution in [0.3, 0.4) is 0 Å². The van der Waals surface area contributed by atoms with Gasteiger partial charge in [-0.1, -0.05) is 36.4 Å². The SMILES string of the molecule is C[C@]12C[C@@H](NC(=O)N1c1ccccc1)c1ccccc1O2. The summed E-state index contributed by atoms with van der Waals surface area (Å²) in [5, 5.41) is 3.08. The van der Waals surface area contributed by atoms with Gasteiger partial charge in [-0.15, -0.1) is 0 Å². The third-order valence-corrected chi connectivity index (χ3v) is 4.20. The van der Waals surface area contributed by atoms with E-state index in [9.17, 15) is 4.79 Å². The molecule has 2 aromatic carbocycles. The second-order valence-electron chi connectivity index (χ2n) is 5.69. The van der Waals surface area contributed by atoms with Gasteiger partial charge in [0, 0.05) is 17.7 Å². The molecule has 0 spiro atoms. The normalized spacial score (nSPS) is 26.6. The Labute approximate surface area is 123 Å². The van der Waals surface area contributed by atoms with Gasteiger partial charge in [-0.25, -0.2) is 4.79 Å². The van der Waals surface area contributed by atoms with Crippen molar-refractivity contribution >= 4 is 11.7 Å². The molecule has 4 heteroatoms. The molecule has 21 heavy (non-hydrogen) atoms. The van der Waals surface area contributed by atoms with Crippen LogP contribution in [0.25, 0.3) is 0 Å². The van der Waals surface area contributed by atoms with Crippen LogP contribution in [0.2, 0.25) is 0 Å². The van der Waals surface area contributed by atoms with Gasteiger partial charge in [0.25, 0.3) is 0 Å². The van der Waals surface area contributed by atoms with Crippen LogP contribution in [0.4, 0.5) is 10.5 Å². The van der Waals surface area contributed by atoms with Crippen molar-refractivity contribution in [2.24, 2.45) is 0 Å². The zero-order valence-corrected chi connectivity index (χ0v) is 11.7. The van der Waals surface area contributed by atoms with Gasteiger partial charge >= 0.3 is 6.03 Å². The van der Waals surface area contributed by atoms with E-state index in [2.05, 4.69) is 5.32 Å². The number of nitrogens with one attached hydrogen (secondary N) is 1. The van der Waals surface area contributed by atoms with E-state index in [1.165, 1.54) is 0 Å². The predicted octanol–water partition coefficient (Wildman–Crippen LogP) is 3.46. The van der Waals surface area contributed by atoms with Crippen LogP contribution in [0.1, 0.15) is 24.9 Å². The first-order valence-electron chi connectivity index (χ1n) is 7.11. The highest BCUT2D eigenvalue weighted by atomic mass is 16.5. The second kappa shape index (κ2) is 4.25. The highest BCUT2D eigenvalue weighted by Crippen LogP contribution is 2.45. The Morgan fingerprint density at radius 1 is 1.14 bits per heavy atom. The van der Waals surface area contributed by atoms with Crippen molar-refractivity contribution in [1.82, 2.24) is 5.32 Å². The van der Waals surface area contributed by atoms with Crippen LogP contribution in [0, 0.1) is 0 Å². The standard InChI is InChI=1S/C17H16N2O2/c1-17-11-14(13-9-5-6-10-15(13)21-17)18-16(20)19(17)12-7-3-2-4-8-12/h2-10,14H,11H2,1H3,(H,18,20)/t14-,17+/m1/s1. The molecule has 0 saturated carbocycles. The molecule has 2 bridgehead atoms. The number of para-hydroxylation sites is 2. The number of fused-ring (bicyclic) bond motifs is 4. The number of carbonyl (C=O) groups is 1. The maximum atomic E-state index is 12.6. The average molecular weight is 280 g/mol. The lowest BCUT2D eigenvalue weighted by molar-refractivity contribution is 0.0379. The lowest BCUT2D eigenvalue weighted by Crippen LogP contribution is -2.65. The lowest BCUT2D eigenvalue weighted by Gasteiger charge is -2.50. The maximum Gasteiger partial charge on any atom is 0.325 e. The van der Waals surface area contributed by atoms with Crippen molar-refractivity contribution in [2.75, 3.05) is 4.90 Å². The van der Waals surface area contributed by atoms with Gasteiger partial charge in [-0.05, 0) is 25.1 Å². The molecule has 4 nitrogen and oxygen atoms in total. The van der Waals surface area contributed by atoms with E-state index in [0.717, 1.165) is 23.4 Å². The molecule has 2 aliphatic heterocycles. The first-order valence-corrected chi connectivity index (χ1v) is 7.11. The third-order valence-electron chi connectivity index (χ3n) is 4.20. The molecule has 1 fully saturated rings. The first-order chi connectivity index (χ1) is 10.2. The number of anilines is 1. The van der Waals surface area contributed by atoms with Gasteiger partial charge in [0.05, 0.1) is 6.04 Å². The number of benzene rings is 2. The summed E-state index contributed by atoms with van der Waals surface area (Å²) < 4.78 is 6.19. The van der Waals surface area contributed by atoms with Gasteiger partial charge in [0.2, 0.25) is 0 Å². The first kappa shape index (κ1) is 12.3. The van der Waals surface area contributed by atoms with Crippen molar-refractivity contribution in [3.63, 3.8) is 0 Å². The fourth-order valence-electron chi connectivity index (χ4n) is 3.29. The van der Waals surface area contributed by atoms with Gasteiger partial charge in [0.1, 0.15) is 5.75 Å². The van der Waals surface area contributed by atoms with Crippen LogP contribution in [0.5, 0.6) is 5.75 Å². The van der Waals surface area contributed by atoms with Gasteiger partial charge in [-0.3, -0.25) is 4.90 Å². The van der Waals surface area contributed by atoms with Crippen molar-refractivity contribution in [1.29, 1.82) is 0 Å². The van der Waals surface area contributed by atoms with Crippen molar-refractivity contribution in [3.8, 4) is 5.75 Å². The Kier molecular flexibility index (Phi) is 2.48. The molecule has 0 radical (unpaired) electrons. The number of hydrogen-bond donors (Lipinski definition) is 1. The number of carbonyl (C=O) groups excluding carboxylic acids is 1. The van der Waals surface area contributed by atoms with Crippen LogP contribution < -0.4 is 15.0 Å². The number of amides is 2. The monoisotopic (exact) mass is 280 g/mol. The average Bonchev–Trinajstić information content (AvgIpc) is 2.47. The maximum absolute atomic E-state index is 12.6. The summed E-state index contributed by atoms with van der Waals surface area (Å²) in [6.07, 6.45) is 0.727. The zero-order chi connectivity index (χ0) is 14.4. The van der Waals surface area contributed by atoms with Crippen LogP contribution in [-0.2, 0) is 0 Å². The number of nitrogens with zero attached hydrogens (tertiary/aromatic N) is 1. The van der Waals surface area contributed by atoms with Crippen molar-refractivity contribution in [3.05, 3.63) is 60.2 Å². The van der Waals surface area contributed by atoms with Crippen LogP contribution in [-0.4, -0.2) is 11.8 Å². The molecule has 2 atom stereocenters. The Balaban J connectivity index is 1.82. The van der Waals surface area contributed by atoms with Gasteiger partial charge in [-0.2, -0.15) is 0 Å². The molecule has 2 aliphatic rings. The Morgan fingerprint density at radius 2 is 1.86 bits per heavy atom. The smallest absolute Gasteiger partial charge is 0.325 e. The minimum atomic E-state index is -0.664. The van der Waals surface area contributed by atoms with Crippen molar-refractivity contribution in [2.45, 2.75) is 25.1 Å².